The molecule has 172 valence electrons. The van der Waals surface area contributed by atoms with Gasteiger partial charge in [-0.3, -0.25) is 14.9 Å². The first-order valence-electron chi connectivity index (χ1n) is 11.4. The number of likely N-dealkylation sites (tertiary alicyclic amines) is 1. The van der Waals surface area contributed by atoms with Gasteiger partial charge in [-0.25, -0.2) is 4.79 Å². The van der Waals surface area contributed by atoms with E-state index in [1.807, 2.05) is 0 Å². The van der Waals surface area contributed by atoms with E-state index in [2.05, 4.69) is 16.0 Å². The van der Waals surface area contributed by atoms with Gasteiger partial charge >= 0.3 is 17.9 Å². The second kappa shape index (κ2) is 11.0. The fourth-order valence-corrected chi connectivity index (χ4v) is 4.58. The highest BCUT2D eigenvalue weighted by Crippen LogP contribution is 2.33. The summed E-state index contributed by atoms with van der Waals surface area (Å²) in [5, 5.41) is 8.41. The molecule has 1 heterocycles. The van der Waals surface area contributed by atoms with E-state index in [0.717, 1.165) is 32.1 Å². The number of nitrogens with zero attached hydrogens (tertiary/aromatic N) is 1. The van der Waals surface area contributed by atoms with Gasteiger partial charge in [0.15, 0.2) is 0 Å². The predicted octanol–water partition coefficient (Wildman–Crippen LogP) is 2.52. The van der Waals surface area contributed by atoms with E-state index in [9.17, 15) is 14.4 Å². The lowest BCUT2D eigenvalue weighted by atomic mass is 9.80. The van der Waals surface area contributed by atoms with Crippen LogP contribution in [-0.2, 0) is 14.3 Å². The van der Waals surface area contributed by atoms with E-state index in [1.54, 1.807) is 39.6 Å². The molecule has 1 saturated heterocycles. The van der Waals surface area contributed by atoms with Crippen LogP contribution in [0.2, 0.25) is 0 Å². The van der Waals surface area contributed by atoms with Gasteiger partial charge in [-0.2, -0.15) is 0 Å². The maximum atomic E-state index is 13.0. The number of likely N-dealkylation sites (N-methyl/N-ethyl adjacent to an activating group) is 1. The number of hydrogen-bond acceptors (Lipinski definition) is 5. The van der Waals surface area contributed by atoms with Crippen LogP contribution in [0.3, 0.4) is 0 Å². The van der Waals surface area contributed by atoms with Crippen LogP contribution in [0.25, 0.3) is 0 Å². The highest BCUT2D eigenvalue weighted by molar-refractivity contribution is 6.35. The molecule has 0 bridgehead atoms. The SMILES string of the molecule is CN[C@@H](NC(=O)C(=O)N1CCCC[C@@H]1C1CCCCC1)C(C)NC(=O)OC(C)(C)C. The predicted molar refractivity (Wildman–Crippen MR) is 116 cm³/mol. The molecule has 30 heavy (non-hydrogen) atoms. The quantitative estimate of drug-likeness (QED) is 0.465. The average Bonchev–Trinajstić information content (AvgIpc) is 2.70. The van der Waals surface area contributed by atoms with Gasteiger partial charge in [0, 0.05) is 12.6 Å². The Morgan fingerprint density at radius 1 is 0.967 bits per heavy atom. The number of ether oxygens (including phenoxy) is 1. The van der Waals surface area contributed by atoms with E-state index in [0.29, 0.717) is 12.5 Å². The number of carbonyl (C=O) groups excluding carboxylic acids is 3. The number of hydrogen-bond donors (Lipinski definition) is 3. The number of amides is 3. The Balaban J connectivity index is 1.95. The summed E-state index contributed by atoms with van der Waals surface area (Å²) in [5.74, 6) is -0.589. The van der Waals surface area contributed by atoms with Crippen LogP contribution in [0.5, 0.6) is 0 Å². The Morgan fingerprint density at radius 2 is 1.60 bits per heavy atom. The molecule has 1 unspecified atom stereocenters. The maximum Gasteiger partial charge on any atom is 0.407 e. The molecule has 2 aliphatic rings. The van der Waals surface area contributed by atoms with Crippen molar-refractivity contribution in [2.45, 2.75) is 103 Å². The monoisotopic (exact) mass is 424 g/mol. The summed E-state index contributed by atoms with van der Waals surface area (Å²) in [5.41, 5.74) is -0.611. The lowest BCUT2D eigenvalue weighted by molar-refractivity contribution is -0.150. The van der Waals surface area contributed by atoms with Gasteiger partial charge in [0.1, 0.15) is 11.8 Å². The molecule has 0 aromatic heterocycles. The number of carbonyl (C=O) groups is 3. The Bertz CT molecular complexity index is 598. The van der Waals surface area contributed by atoms with Crippen molar-refractivity contribution in [1.82, 2.24) is 20.9 Å². The first kappa shape index (κ1) is 24.4. The summed E-state index contributed by atoms with van der Waals surface area (Å²) in [7, 11) is 1.68. The zero-order valence-electron chi connectivity index (χ0n) is 19.3. The van der Waals surface area contributed by atoms with Crippen LogP contribution < -0.4 is 16.0 Å². The second-order valence-electron chi connectivity index (χ2n) is 9.63. The van der Waals surface area contributed by atoms with Crippen molar-refractivity contribution in [3.63, 3.8) is 0 Å². The first-order chi connectivity index (χ1) is 14.1. The fourth-order valence-electron chi connectivity index (χ4n) is 4.58. The van der Waals surface area contributed by atoms with E-state index in [4.69, 9.17) is 4.74 Å². The molecule has 1 saturated carbocycles. The third-order valence-corrected chi connectivity index (χ3v) is 6.04. The molecule has 0 spiro atoms. The lowest BCUT2D eigenvalue weighted by Crippen LogP contribution is -2.60. The minimum atomic E-state index is -0.630. The van der Waals surface area contributed by atoms with Crippen LogP contribution in [0.1, 0.15) is 79.1 Å². The number of alkyl carbamates (subject to hydrolysis) is 1. The third kappa shape index (κ3) is 7.15. The van der Waals surface area contributed by atoms with Gasteiger partial charge in [0.2, 0.25) is 0 Å². The zero-order chi connectivity index (χ0) is 22.3. The Labute approximate surface area is 180 Å². The largest absolute Gasteiger partial charge is 0.444 e. The minimum Gasteiger partial charge on any atom is -0.444 e. The smallest absolute Gasteiger partial charge is 0.407 e. The number of nitrogens with one attached hydrogen (secondary N) is 3. The molecule has 0 aromatic carbocycles. The molecule has 8 nitrogen and oxygen atoms in total. The molecule has 3 atom stereocenters. The number of piperidine rings is 1. The summed E-state index contributed by atoms with van der Waals surface area (Å²) in [6.07, 6.45) is 7.86. The van der Waals surface area contributed by atoms with Crippen molar-refractivity contribution in [2.24, 2.45) is 5.92 Å². The van der Waals surface area contributed by atoms with Crippen LogP contribution in [-0.4, -0.2) is 60.3 Å². The van der Waals surface area contributed by atoms with E-state index in [1.165, 1.54) is 19.3 Å². The Hall–Kier alpha value is -1.83. The molecule has 2 rings (SSSR count). The van der Waals surface area contributed by atoms with Crippen LogP contribution in [0.15, 0.2) is 0 Å². The molecule has 3 amide bonds. The topological polar surface area (TPSA) is 99.8 Å². The molecule has 8 heteroatoms. The van der Waals surface area contributed by atoms with Gasteiger partial charge in [-0.1, -0.05) is 19.3 Å². The molecular formula is C22H40N4O4. The zero-order valence-corrected chi connectivity index (χ0v) is 19.3. The summed E-state index contributed by atoms with van der Waals surface area (Å²) in [6, 6.07) is -0.292. The van der Waals surface area contributed by atoms with Gasteiger partial charge < -0.3 is 20.3 Å². The molecular weight excluding hydrogens is 384 g/mol. The van der Waals surface area contributed by atoms with Crippen molar-refractivity contribution < 1.29 is 19.1 Å². The maximum absolute atomic E-state index is 13.0. The first-order valence-corrected chi connectivity index (χ1v) is 11.4. The summed E-state index contributed by atoms with van der Waals surface area (Å²) < 4.78 is 5.27. The van der Waals surface area contributed by atoms with Crippen molar-refractivity contribution in [2.75, 3.05) is 13.6 Å². The minimum absolute atomic E-state index is 0.169. The number of rotatable bonds is 5. The summed E-state index contributed by atoms with van der Waals surface area (Å²) >= 11 is 0. The normalized spacial score (nSPS) is 22.7. The van der Waals surface area contributed by atoms with Gasteiger partial charge in [-0.05, 0) is 72.8 Å². The average molecular weight is 425 g/mol. The summed E-state index contributed by atoms with van der Waals surface area (Å²) in [6.45, 7) is 7.75. The van der Waals surface area contributed by atoms with Crippen molar-refractivity contribution in [3.8, 4) is 0 Å². The highest BCUT2D eigenvalue weighted by atomic mass is 16.6. The molecule has 2 fully saturated rings. The standard InChI is InChI=1S/C22H40N4O4/c1-15(24-21(29)30-22(2,3)4)18(23-5)25-19(27)20(28)26-14-10-9-13-17(26)16-11-7-6-8-12-16/h15-18,23H,6-14H2,1-5H3,(H,24,29)(H,25,27)/t15?,17-,18+/m1/s1. The van der Waals surface area contributed by atoms with Crippen LogP contribution in [0, 0.1) is 5.92 Å². The van der Waals surface area contributed by atoms with Crippen molar-refractivity contribution in [1.29, 1.82) is 0 Å². The molecule has 0 radical (unpaired) electrons. The van der Waals surface area contributed by atoms with Crippen molar-refractivity contribution >= 4 is 17.9 Å². The Kier molecular flexibility index (Phi) is 8.94. The second-order valence-corrected chi connectivity index (χ2v) is 9.63. The third-order valence-electron chi connectivity index (χ3n) is 6.04. The van der Waals surface area contributed by atoms with E-state index < -0.39 is 35.7 Å². The van der Waals surface area contributed by atoms with Gasteiger partial charge in [0.05, 0.1) is 6.04 Å². The molecule has 3 N–H and O–H groups in total. The Morgan fingerprint density at radius 3 is 2.20 bits per heavy atom. The van der Waals surface area contributed by atoms with Gasteiger partial charge in [-0.15, -0.1) is 0 Å². The van der Waals surface area contributed by atoms with Crippen molar-refractivity contribution in [3.05, 3.63) is 0 Å². The fraction of sp³-hybridized carbons (Fsp3) is 0.864. The van der Waals surface area contributed by atoms with E-state index in [-0.39, 0.29) is 6.04 Å². The van der Waals surface area contributed by atoms with E-state index >= 15 is 0 Å². The van der Waals surface area contributed by atoms with Gasteiger partial charge in [0.25, 0.3) is 0 Å². The summed E-state index contributed by atoms with van der Waals surface area (Å²) in [4.78, 5) is 39.6. The molecule has 1 aliphatic heterocycles. The molecule has 1 aliphatic carbocycles. The lowest BCUT2D eigenvalue weighted by Gasteiger charge is -2.41. The van der Waals surface area contributed by atoms with Crippen LogP contribution >= 0.6 is 0 Å². The molecule has 0 aromatic rings. The van der Waals surface area contributed by atoms with Crippen LogP contribution in [0.4, 0.5) is 4.79 Å². The highest BCUT2D eigenvalue weighted by Gasteiger charge is 2.36.